The van der Waals surface area contributed by atoms with E-state index in [-0.39, 0.29) is 0 Å². The lowest BCUT2D eigenvalue weighted by molar-refractivity contribution is 0.0597. The molecule has 1 atom stereocenters. The van der Waals surface area contributed by atoms with Crippen LogP contribution >= 0.6 is 40.0 Å². The Morgan fingerprint density at radius 3 is 2.57 bits per heavy atom. The normalized spacial score (nSPS) is 10.7. The quantitative estimate of drug-likeness (QED) is 0.194. The average molecular weight is 535 g/mol. The van der Waals surface area contributed by atoms with Gasteiger partial charge in [-0.3, -0.25) is 4.34 Å². The van der Waals surface area contributed by atoms with Gasteiger partial charge in [-0.05, 0) is 41.1 Å². The summed E-state index contributed by atoms with van der Waals surface area (Å²) >= 11 is 8.48. The molecule has 0 aliphatic heterocycles. The number of aromatic nitrogens is 3. The molecule has 28 heavy (non-hydrogen) atoms. The van der Waals surface area contributed by atoms with Crippen LogP contribution in [0, 0.1) is 6.92 Å². The van der Waals surface area contributed by atoms with Crippen LogP contribution in [0.2, 0.25) is 5.15 Å². The summed E-state index contributed by atoms with van der Waals surface area (Å²) in [6, 6.07) is 6.88. The van der Waals surface area contributed by atoms with Gasteiger partial charge in [0, 0.05) is 6.07 Å². The Kier molecular flexibility index (Phi) is 8.27. The zero-order valence-corrected chi connectivity index (χ0v) is 20.0. The largest absolute Gasteiger partial charge is 0.494 e. The summed E-state index contributed by atoms with van der Waals surface area (Å²) in [4.78, 5) is 21.0. The van der Waals surface area contributed by atoms with Crippen molar-refractivity contribution in [2.45, 2.75) is 20.8 Å². The number of benzene rings is 1. The molecular formula is C18H21ClIN4O3P. The minimum absolute atomic E-state index is 0.326. The van der Waals surface area contributed by atoms with Crippen LogP contribution in [0.15, 0.2) is 24.3 Å². The number of imidazole rings is 1. The monoisotopic (exact) mass is 534 g/mol. The number of hydrogen-bond donors (Lipinski definition) is 1. The summed E-state index contributed by atoms with van der Waals surface area (Å²) in [5.41, 5.74) is 3.00. The SMILES string of the molecule is CC.COC(=O)c1cccc(Nc2cc(Cl)nc3c2nc(C)n3PI)c1OC. The first-order valence-electron chi connectivity index (χ1n) is 8.44. The van der Waals surface area contributed by atoms with Crippen molar-refractivity contribution in [3.05, 3.63) is 40.8 Å². The van der Waals surface area contributed by atoms with Crippen LogP contribution < -0.4 is 10.1 Å². The van der Waals surface area contributed by atoms with Crippen LogP contribution in [-0.4, -0.2) is 34.5 Å². The number of hydrogen-bond acceptors (Lipinski definition) is 6. The van der Waals surface area contributed by atoms with Gasteiger partial charge in [0.05, 0.1) is 32.0 Å². The smallest absolute Gasteiger partial charge is 0.341 e. The van der Waals surface area contributed by atoms with Crippen LogP contribution in [0.5, 0.6) is 5.75 Å². The standard InChI is InChI=1S/C16H15ClIN4O3P.C2H6/c1-8-19-13-11(7-12(17)21-15(13)22(8)26-18)20-10-6-4-5-9(14(10)24-2)16(23)25-3;1-2/h4-7,26H,1-3H3,(H,20,21);1-2H3. The third-order valence-electron chi connectivity index (χ3n) is 3.73. The topological polar surface area (TPSA) is 78.3 Å². The summed E-state index contributed by atoms with van der Waals surface area (Å²) in [6.07, 6.45) is 0.449. The number of fused-ring (bicyclic) bond motifs is 1. The number of halogens is 2. The maximum Gasteiger partial charge on any atom is 0.341 e. The van der Waals surface area contributed by atoms with Crippen molar-refractivity contribution < 1.29 is 14.3 Å². The lowest BCUT2D eigenvalue weighted by Crippen LogP contribution is -2.06. The number of nitrogens with zero attached hydrogens (tertiary/aromatic N) is 3. The van der Waals surface area contributed by atoms with E-state index in [1.807, 2.05) is 25.1 Å². The van der Waals surface area contributed by atoms with Gasteiger partial charge in [-0.2, -0.15) is 0 Å². The van der Waals surface area contributed by atoms with E-state index in [4.69, 9.17) is 21.1 Å². The van der Waals surface area contributed by atoms with Crippen molar-refractivity contribution >= 4 is 68.5 Å². The zero-order chi connectivity index (χ0) is 20.8. The molecule has 0 saturated heterocycles. The van der Waals surface area contributed by atoms with Gasteiger partial charge >= 0.3 is 5.97 Å². The molecule has 1 unspecified atom stereocenters. The molecule has 2 aromatic heterocycles. The van der Waals surface area contributed by atoms with Gasteiger partial charge in [-0.15, -0.1) is 0 Å². The van der Waals surface area contributed by atoms with Crippen molar-refractivity contribution in [3.63, 3.8) is 0 Å². The number of methoxy groups -OCH3 is 2. The number of pyridine rings is 1. The second-order valence-electron chi connectivity index (χ2n) is 5.25. The van der Waals surface area contributed by atoms with Crippen molar-refractivity contribution in [3.8, 4) is 5.75 Å². The molecular weight excluding hydrogens is 514 g/mol. The molecule has 0 aliphatic carbocycles. The molecule has 2 heterocycles. The highest BCUT2D eigenvalue weighted by molar-refractivity contribution is 14.2. The molecule has 0 amide bonds. The van der Waals surface area contributed by atoms with Crippen LogP contribution in [-0.2, 0) is 4.74 Å². The third-order valence-corrected chi connectivity index (χ3v) is 6.08. The maximum absolute atomic E-state index is 12.0. The summed E-state index contributed by atoms with van der Waals surface area (Å²) < 4.78 is 12.2. The predicted octanol–water partition coefficient (Wildman–Crippen LogP) is 5.75. The second-order valence-corrected chi connectivity index (χ2v) is 7.70. The summed E-state index contributed by atoms with van der Waals surface area (Å²) in [5.74, 6) is 0.753. The first-order valence-corrected chi connectivity index (χ1v) is 12.9. The first kappa shape index (κ1) is 22.6. The Balaban J connectivity index is 0.00000136. The zero-order valence-electron chi connectivity index (χ0n) is 16.1. The molecule has 7 nitrogen and oxygen atoms in total. The highest BCUT2D eigenvalue weighted by atomic mass is 127. The fraction of sp³-hybridized carbons (Fsp3) is 0.278. The van der Waals surface area contributed by atoms with Crippen molar-refractivity contribution in [1.29, 1.82) is 0 Å². The lowest BCUT2D eigenvalue weighted by atomic mass is 10.1. The van der Waals surface area contributed by atoms with Crippen LogP contribution in [0.25, 0.3) is 11.2 Å². The number of esters is 1. The fourth-order valence-corrected chi connectivity index (χ4v) is 4.92. The number of carbonyl (C=O) groups excluding carboxylic acids is 1. The maximum atomic E-state index is 12.0. The van der Waals surface area contributed by atoms with E-state index in [0.717, 1.165) is 5.82 Å². The van der Waals surface area contributed by atoms with Crippen molar-refractivity contribution in [1.82, 2.24) is 14.3 Å². The Morgan fingerprint density at radius 1 is 1.25 bits per heavy atom. The average Bonchev–Trinajstić information content (AvgIpc) is 3.03. The van der Waals surface area contributed by atoms with E-state index in [2.05, 4.69) is 37.3 Å². The first-order chi connectivity index (χ1) is 13.5. The van der Waals surface area contributed by atoms with Crippen molar-refractivity contribution in [2.24, 2.45) is 0 Å². The Hall–Kier alpha value is -1.64. The van der Waals surface area contributed by atoms with Crippen LogP contribution in [0.3, 0.4) is 0 Å². The molecule has 0 radical (unpaired) electrons. The van der Waals surface area contributed by atoms with Crippen LogP contribution in [0.4, 0.5) is 11.4 Å². The summed E-state index contributed by atoms with van der Waals surface area (Å²) in [5, 5.41) is 3.61. The molecule has 0 saturated carbocycles. The number of aryl methyl sites for hydroxylation is 1. The Labute approximate surface area is 183 Å². The van der Waals surface area contributed by atoms with Gasteiger partial charge in [0.1, 0.15) is 22.1 Å². The molecule has 1 aromatic carbocycles. The highest BCUT2D eigenvalue weighted by Gasteiger charge is 2.19. The van der Waals surface area contributed by atoms with E-state index in [0.29, 0.717) is 45.4 Å². The number of rotatable bonds is 5. The highest BCUT2D eigenvalue weighted by Crippen LogP contribution is 2.37. The molecule has 3 aromatic rings. The van der Waals surface area contributed by atoms with Gasteiger partial charge in [0.2, 0.25) is 0 Å². The van der Waals surface area contributed by atoms with Crippen LogP contribution in [0.1, 0.15) is 30.0 Å². The van der Waals surface area contributed by atoms with E-state index in [9.17, 15) is 4.79 Å². The lowest BCUT2D eigenvalue weighted by Gasteiger charge is -2.14. The fourth-order valence-electron chi connectivity index (χ4n) is 2.59. The molecule has 0 fully saturated rings. The number of para-hydroxylation sites is 1. The van der Waals surface area contributed by atoms with Gasteiger partial charge in [-0.1, -0.05) is 31.5 Å². The van der Waals surface area contributed by atoms with E-state index < -0.39 is 5.97 Å². The van der Waals surface area contributed by atoms with Gasteiger partial charge in [-0.25, -0.2) is 14.8 Å². The van der Waals surface area contributed by atoms with E-state index in [1.54, 1.807) is 24.3 Å². The van der Waals surface area contributed by atoms with Gasteiger partial charge in [0.25, 0.3) is 0 Å². The van der Waals surface area contributed by atoms with Gasteiger partial charge < -0.3 is 14.8 Å². The summed E-state index contributed by atoms with van der Waals surface area (Å²) in [7, 11) is 2.83. The molecule has 1 N–H and O–H groups in total. The van der Waals surface area contributed by atoms with Gasteiger partial charge in [0.15, 0.2) is 11.4 Å². The number of ether oxygens (including phenoxy) is 2. The molecule has 150 valence electrons. The third kappa shape index (κ3) is 4.50. The minimum atomic E-state index is -0.477. The van der Waals surface area contributed by atoms with Crippen molar-refractivity contribution in [2.75, 3.05) is 19.5 Å². The number of nitrogens with one attached hydrogen (secondary N) is 1. The van der Waals surface area contributed by atoms with E-state index >= 15 is 0 Å². The molecule has 3 rings (SSSR count). The number of carbonyl (C=O) groups is 1. The Morgan fingerprint density at radius 2 is 1.96 bits per heavy atom. The molecule has 10 heteroatoms. The summed E-state index contributed by atoms with van der Waals surface area (Å²) in [6.45, 7) is 5.92. The molecule has 0 bridgehead atoms. The number of anilines is 2. The molecule has 0 aliphatic rings. The second kappa shape index (κ2) is 10.2. The van der Waals surface area contributed by atoms with E-state index in [1.165, 1.54) is 14.2 Å². The minimum Gasteiger partial charge on any atom is -0.494 e. The molecule has 0 spiro atoms. The Bertz CT molecular complexity index is 997. The predicted molar refractivity (Wildman–Crippen MR) is 124 cm³/mol.